The molecule has 4 aromatic carbocycles. The van der Waals surface area contributed by atoms with Gasteiger partial charge in [0.15, 0.2) is 5.84 Å². The van der Waals surface area contributed by atoms with Crippen LogP contribution in [0, 0.1) is 0 Å². The quantitative estimate of drug-likeness (QED) is 0.121. The molecule has 2 aromatic heterocycles. The maximum absolute atomic E-state index is 15.1. The van der Waals surface area contributed by atoms with Crippen LogP contribution in [0.3, 0.4) is 0 Å². The van der Waals surface area contributed by atoms with E-state index in [9.17, 15) is 9.90 Å². The molecule has 0 saturated heterocycles. The summed E-state index contributed by atoms with van der Waals surface area (Å²) >= 11 is 0. The summed E-state index contributed by atoms with van der Waals surface area (Å²) in [6, 6.07) is 34.0. The summed E-state index contributed by atoms with van der Waals surface area (Å²) in [5.74, 6) is 0.963. The number of alkyl carbamates (subject to hydrolysis) is 1. The first-order valence-corrected chi connectivity index (χ1v) is 17.9. The number of ether oxygens (including phenoxy) is 2. The first kappa shape index (κ1) is 37.5. The summed E-state index contributed by atoms with van der Waals surface area (Å²) in [5.41, 5.74) is 4.89. The largest absolute Gasteiger partial charge is 0.679 e. The molecule has 0 radical (unpaired) electrons. The Kier molecular flexibility index (Phi) is 10.9. The molecule has 11 nitrogen and oxygen atoms in total. The highest BCUT2D eigenvalue weighted by Gasteiger charge is 2.30. The fraction of sp³-hybridized carbons (Fsp3) is 0.167. The fourth-order valence-electron chi connectivity index (χ4n) is 6.06. The normalized spacial score (nSPS) is 13.3. The van der Waals surface area contributed by atoms with Crippen LogP contribution in [-0.4, -0.2) is 61.8 Å². The van der Waals surface area contributed by atoms with Crippen LogP contribution in [0.25, 0.3) is 28.0 Å². The van der Waals surface area contributed by atoms with Crippen molar-refractivity contribution >= 4 is 36.4 Å². The molecule has 0 atom stereocenters. The molecule has 7 rings (SSSR count). The number of halogens is 2. The van der Waals surface area contributed by atoms with Crippen molar-refractivity contribution < 1.29 is 28.0 Å². The predicted molar refractivity (Wildman–Crippen MR) is 213 cm³/mol. The Bertz CT molecular complexity index is 2400. The van der Waals surface area contributed by atoms with Gasteiger partial charge in [-0.2, -0.15) is 0 Å². The highest BCUT2D eigenvalue weighted by atomic mass is 19.2. The van der Waals surface area contributed by atoms with E-state index in [4.69, 9.17) is 19.5 Å². The second kappa shape index (κ2) is 16.3. The number of allylic oxidation sites excluding steroid dienone is 1. The number of hydrogen-bond acceptors (Lipinski definition) is 7. The summed E-state index contributed by atoms with van der Waals surface area (Å²) in [5, 5.41) is 20.8. The number of nitrogens with zero attached hydrogens (tertiary/aromatic N) is 6. The smallest absolute Gasteiger partial charge is 0.508 e. The molecule has 1 aliphatic heterocycles. The van der Waals surface area contributed by atoms with Gasteiger partial charge in [0.2, 0.25) is 0 Å². The summed E-state index contributed by atoms with van der Waals surface area (Å²) in [6.07, 6.45) is 3.15. The molecule has 1 aliphatic rings. The third kappa shape index (κ3) is 8.92. The molecule has 0 spiro atoms. The molecule has 2 N–H and O–H groups in total. The van der Waals surface area contributed by atoms with Crippen molar-refractivity contribution in [2.75, 3.05) is 6.54 Å². The van der Waals surface area contributed by atoms with Gasteiger partial charge < -0.3 is 24.4 Å². The zero-order chi connectivity index (χ0) is 39.2. The third-order valence-corrected chi connectivity index (χ3v) is 8.63. The second-order valence-electron chi connectivity index (χ2n) is 13.9. The highest BCUT2D eigenvalue weighted by Crippen LogP contribution is 2.40. The van der Waals surface area contributed by atoms with Crippen molar-refractivity contribution in [2.24, 2.45) is 9.98 Å². The van der Waals surface area contributed by atoms with Gasteiger partial charge >= 0.3 is 13.5 Å². The monoisotopic (exact) mass is 753 g/mol. The summed E-state index contributed by atoms with van der Waals surface area (Å²) in [7, 11) is -2.93. The Morgan fingerprint density at radius 3 is 2.20 bits per heavy atom. The van der Waals surface area contributed by atoms with Crippen LogP contribution in [0.1, 0.15) is 37.6 Å². The number of phenolic OH excluding ortho intramolecular Hbond substituents is 1. The number of hydrogen-bond donors (Lipinski definition) is 2. The number of phenols is 1. The SMILES string of the molecule is CC(C)(C)OC(=O)NCCn1cc(COc2ccc(C3=N/C(=N\c4c(-c5ccccc5)cc(-c5ccc(O)cc5)n4B(F)F)C(c4ccccc4)=C3)cc2)nn1. The molecule has 56 heavy (non-hydrogen) atoms. The number of carbonyl (C=O) groups excluding carboxylic acids is 1. The van der Waals surface area contributed by atoms with E-state index in [0.29, 0.717) is 52.5 Å². The lowest BCUT2D eigenvalue weighted by Crippen LogP contribution is -2.34. The lowest BCUT2D eigenvalue weighted by atomic mass is 10.0. The van der Waals surface area contributed by atoms with Gasteiger partial charge in [-0.25, -0.2) is 14.8 Å². The first-order chi connectivity index (χ1) is 27.0. The van der Waals surface area contributed by atoms with Crippen LogP contribution in [0.15, 0.2) is 138 Å². The first-order valence-electron chi connectivity index (χ1n) is 17.9. The van der Waals surface area contributed by atoms with Crippen molar-refractivity contribution in [2.45, 2.75) is 39.5 Å². The van der Waals surface area contributed by atoms with Crippen LogP contribution in [0.2, 0.25) is 0 Å². The average Bonchev–Trinajstić information content (AvgIpc) is 3.92. The zero-order valence-electron chi connectivity index (χ0n) is 30.9. The average molecular weight is 754 g/mol. The second-order valence-corrected chi connectivity index (χ2v) is 13.9. The number of carbonyl (C=O) groups is 1. The number of aromatic nitrogens is 4. The summed E-state index contributed by atoms with van der Waals surface area (Å²) in [4.78, 5) is 21.7. The lowest BCUT2D eigenvalue weighted by Gasteiger charge is -2.19. The third-order valence-electron chi connectivity index (χ3n) is 8.63. The van der Waals surface area contributed by atoms with Crippen molar-refractivity contribution in [3.05, 3.63) is 144 Å². The van der Waals surface area contributed by atoms with E-state index < -0.39 is 19.1 Å². The van der Waals surface area contributed by atoms with E-state index in [2.05, 4.69) is 15.6 Å². The summed E-state index contributed by atoms with van der Waals surface area (Å²) < 4.78 is 44.0. The molecule has 0 saturated carbocycles. The molecule has 0 aliphatic carbocycles. The predicted octanol–water partition coefficient (Wildman–Crippen LogP) is 8.61. The van der Waals surface area contributed by atoms with E-state index in [1.165, 1.54) is 12.1 Å². The number of amidine groups is 1. The number of benzene rings is 4. The van der Waals surface area contributed by atoms with Crippen molar-refractivity contribution in [3.8, 4) is 33.9 Å². The lowest BCUT2D eigenvalue weighted by molar-refractivity contribution is 0.0525. The standard InChI is InChI=1S/C42H38BF2N7O4/c1-42(2,3)56-41(54)46-22-23-51-26-32(49-50-51)27-55-34-20-16-30(17-21-34)37-24-35(28-10-6-4-7-11-28)39(47-37)48-40-36(29-12-8-5-9-13-29)25-38(52(40)43(44)45)31-14-18-33(53)19-15-31/h4-21,24-26,53H,22-23,27H2,1-3H3,(H,46,54)/b48-39-. The number of amides is 1. The molecule has 14 heteroatoms. The topological polar surface area (TPSA) is 128 Å². The number of aromatic hydroxyl groups is 1. The highest BCUT2D eigenvalue weighted by molar-refractivity contribution is 6.43. The van der Waals surface area contributed by atoms with E-state index in [0.717, 1.165) is 15.6 Å². The van der Waals surface area contributed by atoms with Gasteiger partial charge in [-0.3, -0.25) is 13.3 Å². The Morgan fingerprint density at radius 1 is 0.875 bits per heavy atom. The van der Waals surface area contributed by atoms with Crippen LogP contribution in [0.5, 0.6) is 11.5 Å². The Labute approximate surface area is 322 Å². The van der Waals surface area contributed by atoms with E-state index in [-0.39, 0.29) is 29.7 Å². The molecule has 0 unspecified atom stereocenters. The van der Waals surface area contributed by atoms with Gasteiger partial charge in [0, 0.05) is 28.9 Å². The van der Waals surface area contributed by atoms with Crippen LogP contribution >= 0.6 is 0 Å². The molecule has 0 bridgehead atoms. The van der Waals surface area contributed by atoms with Gasteiger partial charge in [-0.05, 0) is 98.1 Å². The Morgan fingerprint density at radius 2 is 1.54 bits per heavy atom. The minimum absolute atomic E-state index is 0.0323. The van der Waals surface area contributed by atoms with Crippen molar-refractivity contribution in [3.63, 3.8) is 0 Å². The van der Waals surface area contributed by atoms with Crippen LogP contribution in [0.4, 0.5) is 19.2 Å². The minimum Gasteiger partial charge on any atom is -0.508 e. The van der Waals surface area contributed by atoms with Gasteiger partial charge in [0.05, 0.1) is 18.5 Å². The Balaban J connectivity index is 1.15. The van der Waals surface area contributed by atoms with Crippen LogP contribution in [-0.2, 0) is 17.9 Å². The van der Waals surface area contributed by atoms with Crippen molar-refractivity contribution in [1.82, 2.24) is 24.8 Å². The molecule has 0 fully saturated rings. The summed E-state index contributed by atoms with van der Waals surface area (Å²) in [6.45, 7) is 6.31. The van der Waals surface area contributed by atoms with E-state index in [1.807, 2.05) is 91.0 Å². The van der Waals surface area contributed by atoms with E-state index >= 15 is 8.63 Å². The minimum atomic E-state index is -2.93. The number of nitrogens with one attached hydrogen (secondary N) is 1. The van der Waals surface area contributed by atoms with Crippen LogP contribution < -0.4 is 10.1 Å². The molecular formula is C42H38BF2N7O4. The maximum Gasteiger partial charge on any atom is 0.679 e. The van der Waals surface area contributed by atoms with Gasteiger partial charge in [-0.15, -0.1) is 5.10 Å². The van der Waals surface area contributed by atoms with Crippen molar-refractivity contribution in [1.29, 1.82) is 0 Å². The fourth-order valence-corrected chi connectivity index (χ4v) is 6.06. The zero-order valence-corrected chi connectivity index (χ0v) is 30.9. The van der Waals surface area contributed by atoms with Gasteiger partial charge in [-0.1, -0.05) is 65.9 Å². The maximum atomic E-state index is 15.1. The van der Waals surface area contributed by atoms with Gasteiger partial charge in [0.1, 0.15) is 35.2 Å². The van der Waals surface area contributed by atoms with Gasteiger partial charge in [0.25, 0.3) is 0 Å². The molecule has 282 valence electrons. The molecule has 3 heterocycles. The molecule has 1 amide bonds. The van der Waals surface area contributed by atoms with E-state index in [1.54, 1.807) is 49.8 Å². The molecule has 6 aromatic rings. The Hall–Kier alpha value is -6.83. The number of aliphatic imine (C=N–C) groups is 2. The number of rotatable bonds is 12. The molecular weight excluding hydrogens is 715 g/mol.